The zero-order valence-electron chi connectivity index (χ0n) is 16.9. The molecule has 2 amide bonds. The SMILES string of the molecule is O=C(CN1CCN(C(=O)/C=C/c2ccc(OC(F)(F)F)cc2)CC1)Nc1ccccc1Cl. The predicted molar refractivity (Wildman–Crippen MR) is 115 cm³/mol. The highest BCUT2D eigenvalue weighted by atomic mass is 35.5. The predicted octanol–water partition coefficient (Wildman–Crippen LogP) is 4.03. The fourth-order valence-electron chi connectivity index (χ4n) is 3.14. The minimum atomic E-state index is -4.75. The van der Waals surface area contributed by atoms with E-state index in [4.69, 9.17) is 11.6 Å². The van der Waals surface area contributed by atoms with E-state index in [9.17, 15) is 22.8 Å². The number of carbonyl (C=O) groups is 2. The second-order valence-corrected chi connectivity index (χ2v) is 7.49. The van der Waals surface area contributed by atoms with Crippen LogP contribution in [0.25, 0.3) is 6.08 Å². The van der Waals surface area contributed by atoms with Crippen LogP contribution in [0.4, 0.5) is 18.9 Å². The van der Waals surface area contributed by atoms with Gasteiger partial charge in [0.15, 0.2) is 0 Å². The molecule has 0 atom stereocenters. The summed E-state index contributed by atoms with van der Waals surface area (Å²) in [5.74, 6) is -0.716. The van der Waals surface area contributed by atoms with Crippen LogP contribution < -0.4 is 10.1 Å². The van der Waals surface area contributed by atoms with Crippen LogP contribution in [0.1, 0.15) is 5.56 Å². The third-order valence-corrected chi connectivity index (χ3v) is 5.06. The van der Waals surface area contributed by atoms with E-state index >= 15 is 0 Å². The van der Waals surface area contributed by atoms with Gasteiger partial charge in [-0.25, -0.2) is 0 Å². The topological polar surface area (TPSA) is 61.9 Å². The molecule has 1 aliphatic rings. The number of alkyl halides is 3. The number of halogens is 4. The van der Waals surface area contributed by atoms with Crippen LogP contribution in [0.2, 0.25) is 5.02 Å². The van der Waals surface area contributed by atoms with E-state index in [2.05, 4.69) is 10.1 Å². The minimum absolute atomic E-state index is 0.185. The van der Waals surface area contributed by atoms with Crippen molar-refractivity contribution >= 4 is 35.2 Å². The number of para-hydroxylation sites is 1. The highest BCUT2D eigenvalue weighted by Crippen LogP contribution is 2.23. The van der Waals surface area contributed by atoms with Gasteiger partial charge in [0.05, 0.1) is 17.3 Å². The lowest BCUT2D eigenvalue weighted by atomic mass is 10.2. The van der Waals surface area contributed by atoms with Gasteiger partial charge in [0, 0.05) is 32.3 Å². The highest BCUT2D eigenvalue weighted by Gasteiger charge is 2.30. The van der Waals surface area contributed by atoms with E-state index in [0.29, 0.717) is 42.5 Å². The second kappa shape index (κ2) is 10.5. The van der Waals surface area contributed by atoms with Gasteiger partial charge in [0.2, 0.25) is 11.8 Å². The van der Waals surface area contributed by atoms with Crippen LogP contribution in [-0.4, -0.2) is 60.7 Å². The fourth-order valence-corrected chi connectivity index (χ4v) is 3.32. The number of nitrogens with one attached hydrogen (secondary N) is 1. The van der Waals surface area contributed by atoms with Crippen LogP contribution >= 0.6 is 11.6 Å². The Balaban J connectivity index is 1.44. The third-order valence-electron chi connectivity index (χ3n) is 4.73. The number of amides is 2. The third kappa shape index (κ3) is 7.28. The summed E-state index contributed by atoms with van der Waals surface area (Å²) in [6.07, 6.45) is -1.84. The van der Waals surface area contributed by atoms with Crippen molar-refractivity contribution in [2.75, 3.05) is 38.0 Å². The Morgan fingerprint density at radius 2 is 1.69 bits per heavy atom. The van der Waals surface area contributed by atoms with Gasteiger partial charge < -0.3 is 15.0 Å². The number of hydrogen-bond acceptors (Lipinski definition) is 4. The van der Waals surface area contributed by atoms with Crippen molar-refractivity contribution in [3.63, 3.8) is 0 Å². The number of carbonyl (C=O) groups excluding carboxylic acids is 2. The normalized spacial score (nSPS) is 15.1. The Hall–Kier alpha value is -3.04. The Morgan fingerprint density at radius 3 is 2.31 bits per heavy atom. The lowest BCUT2D eigenvalue weighted by Crippen LogP contribution is -2.50. The van der Waals surface area contributed by atoms with E-state index in [1.807, 2.05) is 4.90 Å². The molecular weight excluding hydrogens is 447 g/mol. The molecule has 3 rings (SSSR count). The molecule has 1 aliphatic heterocycles. The van der Waals surface area contributed by atoms with Gasteiger partial charge in [-0.05, 0) is 35.9 Å². The molecule has 2 aromatic rings. The lowest BCUT2D eigenvalue weighted by Gasteiger charge is -2.33. The van der Waals surface area contributed by atoms with Gasteiger partial charge >= 0.3 is 6.36 Å². The van der Waals surface area contributed by atoms with Gasteiger partial charge in [-0.2, -0.15) is 0 Å². The number of benzene rings is 2. The first kappa shape index (κ1) is 23.6. The van der Waals surface area contributed by atoms with Gasteiger partial charge in [-0.3, -0.25) is 14.5 Å². The molecule has 170 valence electrons. The summed E-state index contributed by atoms with van der Waals surface area (Å²) in [6.45, 7) is 2.19. The van der Waals surface area contributed by atoms with Crippen molar-refractivity contribution in [1.29, 1.82) is 0 Å². The lowest BCUT2D eigenvalue weighted by molar-refractivity contribution is -0.274. The van der Waals surface area contributed by atoms with E-state index in [1.54, 1.807) is 29.2 Å². The molecule has 0 aromatic heterocycles. The molecule has 0 aliphatic carbocycles. The molecule has 1 N–H and O–H groups in total. The molecule has 0 bridgehead atoms. The molecule has 2 aromatic carbocycles. The molecule has 0 spiro atoms. The molecule has 1 heterocycles. The molecule has 0 saturated carbocycles. The van der Waals surface area contributed by atoms with E-state index < -0.39 is 6.36 Å². The summed E-state index contributed by atoms with van der Waals surface area (Å²) in [5, 5.41) is 3.23. The average Bonchev–Trinajstić information content (AvgIpc) is 2.74. The molecule has 1 fully saturated rings. The smallest absolute Gasteiger partial charge is 0.406 e. The van der Waals surface area contributed by atoms with Gasteiger partial charge in [0.25, 0.3) is 0 Å². The maximum atomic E-state index is 12.4. The van der Waals surface area contributed by atoms with Crippen molar-refractivity contribution < 1.29 is 27.5 Å². The van der Waals surface area contributed by atoms with Crippen molar-refractivity contribution in [2.24, 2.45) is 0 Å². The summed E-state index contributed by atoms with van der Waals surface area (Å²) in [6, 6.07) is 12.2. The minimum Gasteiger partial charge on any atom is -0.406 e. The molecule has 1 saturated heterocycles. The second-order valence-electron chi connectivity index (χ2n) is 7.08. The van der Waals surface area contributed by atoms with Crippen LogP contribution in [0.15, 0.2) is 54.6 Å². The first-order valence-corrected chi connectivity index (χ1v) is 10.2. The number of ether oxygens (including phenoxy) is 1. The molecule has 0 radical (unpaired) electrons. The largest absolute Gasteiger partial charge is 0.573 e. The Bertz CT molecular complexity index is 972. The van der Waals surface area contributed by atoms with Gasteiger partial charge in [-0.1, -0.05) is 35.9 Å². The van der Waals surface area contributed by atoms with Crippen molar-refractivity contribution in [3.05, 3.63) is 65.2 Å². The van der Waals surface area contributed by atoms with Gasteiger partial charge in [0.1, 0.15) is 5.75 Å². The number of nitrogens with zero attached hydrogens (tertiary/aromatic N) is 2. The summed E-state index contributed by atoms with van der Waals surface area (Å²) in [4.78, 5) is 28.2. The van der Waals surface area contributed by atoms with Gasteiger partial charge in [-0.15, -0.1) is 13.2 Å². The molecular formula is C22H21ClF3N3O3. The summed E-state index contributed by atoms with van der Waals surface area (Å²) >= 11 is 6.04. The van der Waals surface area contributed by atoms with E-state index in [0.717, 1.165) is 0 Å². The first-order valence-electron chi connectivity index (χ1n) is 9.79. The molecule has 10 heteroatoms. The highest BCUT2D eigenvalue weighted by molar-refractivity contribution is 6.33. The maximum Gasteiger partial charge on any atom is 0.573 e. The quantitative estimate of drug-likeness (QED) is 0.651. The fraction of sp³-hybridized carbons (Fsp3) is 0.273. The zero-order valence-corrected chi connectivity index (χ0v) is 17.7. The summed E-state index contributed by atoms with van der Waals surface area (Å²) in [5.41, 5.74) is 1.12. The average molecular weight is 468 g/mol. The van der Waals surface area contributed by atoms with Crippen molar-refractivity contribution in [1.82, 2.24) is 9.80 Å². The first-order chi connectivity index (χ1) is 15.2. The standard InChI is InChI=1S/C22H21ClF3N3O3/c23-18-3-1-2-4-19(18)27-20(30)15-28-11-13-29(14-12-28)21(31)10-7-16-5-8-17(9-6-16)32-22(24,25)26/h1-10H,11-15H2,(H,27,30)/b10-7+. The Morgan fingerprint density at radius 1 is 1.03 bits per heavy atom. The number of rotatable bonds is 6. The molecule has 32 heavy (non-hydrogen) atoms. The van der Waals surface area contributed by atoms with Crippen LogP contribution in [0.3, 0.4) is 0 Å². The van der Waals surface area contributed by atoms with Crippen molar-refractivity contribution in [3.8, 4) is 5.75 Å². The number of hydrogen-bond donors (Lipinski definition) is 1. The number of piperazine rings is 1. The Labute approximate surface area is 188 Å². The zero-order chi connectivity index (χ0) is 23.1. The summed E-state index contributed by atoms with van der Waals surface area (Å²) in [7, 11) is 0. The van der Waals surface area contributed by atoms with Crippen LogP contribution in [0, 0.1) is 0 Å². The Kier molecular flexibility index (Phi) is 7.76. The van der Waals surface area contributed by atoms with E-state index in [-0.39, 0.29) is 24.1 Å². The van der Waals surface area contributed by atoms with Crippen molar-refractivity contribution in [2.45, 2.75) is 6.36 Å². The number of anilines is 1. The monoisotopic (exact) mass is 467 g/mol. The van der Waals surface area contributed by atoms with E-state index in [1.165, 1.54) is 36.4 Å². The van der Waals surface area contributed by atoms with Crippen LogP contribution in [-0.2, 0) is 9.59 Å². The molecule has 0 unspecified atom stereocenters. The van der Waals surface area contributed by atoms with Crippen LogP contribution in [0.5, 0.6) is 5.75 Å². The maximum absolute atomic E-state index is 12.4. The molecule has 6 nitrogen and oxygen atoms in total. The summed E-state index contributed by atoms with van der Waals surface area (Å²) < 4.78 is 40.4.